The summed E-state index contributed by atoms with van der Waals surface area (Å²) in [5.74, 6) is 0. The molecule has 0 unspecified atom stereocenters. The smallest absolute Gasteiger partial charge is 0.268 e. The molecule has 0 atom stereocenters. The van der Waals surface area contributed by atoms with Gasteiger partial charge in [0.15, 0.2) is 9.84 Å². The van der Waals surface area contributed by atoms with E-state index in [9.17, 15) is 18.0 Å². The Morgan fingerprint density at radius 3 is 2.33 bits per heavy atom. The summed E-state index contributed by atoms with van der Waals surface area (Å²) >= 11 is 0. The second-order valence-electron chi connectivity index (χ2n) is 7.50. The van der Waals surface area contributed by atoms with Gasteiger partial charge in [-0.3, -0.25) is 13.9 Å². The van der Waals surface area contributed by atoms with Crippen LogP contribution in [-0.4, -0.2) is 33.6 Å². The van der Waals surface area contributed by atoms with Crippen LogP contribution in [0.15, 0.2) is 75.3 Å². The van der Waals surface area contributed by atoms with Crippen molar-refractivity contribution in [3.05, 3.63) is 92.9 Å². The maximum Gasteiger partial charge on any atom is 0.335 e. The van der Waals surface area contributed by atoms with Crippen LogP contribution in [0.3, 0.4) is 0 Å². The van der Waals surface area contributed by atoms with E-state index in [0.717, 1.165) is 10.8 Å². The first kappa shape index (κ1) is 22.0. The van der Waals surface area contributed by atoms with Crippen LogP contribution < -0.4 is 11.2 Å². The van der Waals surface area contributed by atoms with E-state index >= 15 is 0 Å². The molecule has 0 fully saturated rings. The van der Waals surface area contributed by atoms with Gasteiger partial charge >= 0.3 is 5.69 Å². The van der Waals surface area contributed by atoms with E-state index in [1.54, 1.807) is 54.1 Å². The van der Waals surface area contributed by atoms with Gasteiger partial charge in [-0.25, -0.2) is 17.9 Å². The fraction of sp³-hybridized carbons (Fsp3) is 0.130. The molecule has 2 aromatic heterocycles. The first-order valence-electron chi connectivity index (χ1n) is 9.81. The second kappa shape index (κ2) is 8.03. The highest BCUT2D eigenvalue weighted by atomic mass is 32.2. The summed E-state index contributed by atoms with van der Waals surface area (Å²) in [7, 11) is -2.13. The van der Waals surface area contributed by atoms with Crippen molar-refractivity contribution in [2.24, 2.45) is 7.05 Å². The molecular formula is C23H19N5O4S. The number of benzene rings is 2. The fourth-order valence-electron chi connectivity index (χ4n) is 3.64. The summed E-state index contributed by atoms with van der Waals surface area (Å²) in [4.78, 5) is 26.3. The van der Waals surface area contributed by atoms with E-state index in [-0.39, 0.29) is 10.5 Å². The summed E-state index contributed by atoms with van der Waals surface area (Å²) < 4.78 is 27.9. The number of rotatable bonds is 4. The van der Waals surface area contributed by atoms with Crippen LogP contribution >= 0.6 is 0 Å². The zero-order valence-electron chi connectivity index (χ0n) is 18.1. The Morgan fingerprint density at radius 2 is 1.70 bits per heavy atom. The Labute approximate surface area is 189 Å². The van der Waals surface area contributed by atoms with Crippen molar-refractivity contribution in [1.29, 1.82) is 5.26 Å². The molecule has 0 amide bonds. The molecule has 0 spiro atoms. The molecule has 0 radical (unpaired) electrons. The standard InChI is InChI=1S/C23H19N5O4S/c1-15-21(20-11-12-25-28(20)17-9-7-16(14-24)8-10-17)22(29)26(2)23(30)27(15)18-5-4-6-19(13-18)33(3,31)32/h4-13H,1-3H3. The second-order valence-corrected chi connectivity index (χ2v) is 9.51. The molecule has 2 aromatic carbocycles. The third-order valence-corrected chi connectivity index (χ3v) is 6.45. The monoisotopic (exact) mass is 461 g/mol. The van der Waals surface area contributed by atoms with Gasteiger partial charge in [-0.05, 0) is 55.5 Å². The molecule has 0 aliphatic heterocycles. The topological polar surface area (TPSA) is 120 Å². The van der Waals surface area contributed by atoms with Crippen LogP contribution in [0.1, 0.15) is 11.3 Å². The molecule has 166 valence electrons. The first-order valence-corrected chi connectivity index (χ1v) is 11.7. The number of hydrogen-bond acceptors (Lipinski definition) is 6. The zero-order chi connectivity index (χ0) is 23.9. The van der Waals surface area contributed by atoms with Gasteiger partial charge in [0.2, 0.25) is 0 Å². The molecule has 4 rings (SSSR count). The van der Waals surface area contributed by atoms with Crippen molar-refractivity contribution in [2.75, 3.05) is 6.26 Å². The minimum atomic E-state index is -3.50. The third-order valence-electron chi connectivity index (χ3n) is 5.34. The van der Waals surface area contributed by atoms with Crippen LogP contribution in [0.5, 0.6) is 0 Å². The summed E-state index contributed by atoms with van der Waals surface area (Å²) in [5.41, 5.74) is 1.35. The molecule has 33 heavy (non-hydrogen) atoms. The number of hydrogen-bond donors (Lipinski definition) is 0. The molecule has 10 heteroatoms. The van der Waals surface area contributed by atoms with Crippen LogP contribution in [0.4, 0.5) is 0 Å². The van der Waals surface area contributed by atoms with Gasteiger partial charge in [0.1, 0.15) is 0 Å². The van der Waals surface area contributed by atoms with Crippen LogP contribution in [0.2, 0.25) is 0 Å². The van der Waals surface area contributed by atoms with E-state index < -0.39 is 21.1 Å². The minimum absolute atomic E-state index is 0.0596. The normalized spacial score (nSPS) is 11.3. The third kappa shape index (κ3) is 3.79. The largest absolute Gasteiger partial charge is 0.335 e. The van der Waals surface area contributed by atoms with Gasteiger partial charge in [-0.2, -0.15) is 10.4 Å². The van der Waals surface area contributed by atoms with E-state index in [1.165, 1.54) is 29.9 Å². The lowest BCUT2D eigenvalue weighted by Gasteiger charge is -2.17. The summed E-state index contributed by atoms with van der Waals surface area (Å²) in [5, 5.41) is 13.4. The van der Waals surface area contributed by atoms with Gasteiger partial charge in [0.25, 0.3) is 5.56 Å². The predicted molar refractivity (Wildman–Crippen MR) is 122 cm³/mol. The van der Waals surface area contributed by atoms with Crippen molar-refractivity contribution in [3.8, 4) is 28.7 Å². The Bertz CT molecular complexity index is 1650. The lowest BCUT2D eigenvalue weighted by molar-refractivity contribution is 0.601. The van der Waals surface area contributed by atoms with Crippen molar-refractivity contribution >= 4 is 9.84 Å². The van der Waals surface area contributed by atoms with Crippen molar-refractivity contribution in [3.63, 3.8) is 0 Å². The molecule has 2 heterocycles. The van der Waals surface area contributed by atoms with Crippen LogP contribution in [-0.2, 0) is 16.9 Å². The van der Waals surface area contributed by atoms with Crippen LogP contribution in [0.25, 0.3) is 22.6 Å². The predicted octanol–water partition coefficient (Wildman–Crippen LogP) is 1.97. The summed E-state index contributed by atoms with van der Waals surface area (Å²) in [6.07, 6.45) is 2.62. The lowest BCUT2D eigenvalue weighted by Crippen LogP contribution is -2.40. The fourth-order valence-corrected chi connectivity index (χ4v) is 4.30. The molecule has 0 N–H and O–H groups in total. The highest BCUT2D eigenvalue weighted by Gasteiger charge is 2.21. The highest BCUT2D eigenvalue weighted by Crippen LogP contribution is 2.24. The summed E-state index contributed by atoms with van der Waals surface area (Å²) in [6, 6.07) is 16.4. The maximum atomic E-state index is 13.2. The van der Waals surface area contributed by atoms with Gasteiger partial charge in [-0.1, -0.05) is 6.07 Å². The Hall–Kier alpha value is -4.23. The average molecular weight is 462 g/mol. The Kier molecular flexibility index (Phi) is 5.35. The van der Waals surface area contributed by atoms with Crippen molar-refractivity contribution in [1.82, 2.24) is 18.9 Å². The average Bonchev–Trinajstić information content (AvgIpc) is 3.27. The summed E-state index contributed by atoms with van der Waals surface area (Å²) in [6.45, 7) is 1.63. The molecule has 0 aliphatic rings. The SMILES string of the molecule is Cc1c(-c2ccnn2-c2ccc(C#N)cc2)c(=O)n(C)c(=O)n1-c1cccc(S(C)(=O)=O)c1. The van der Waals surface area contributed by atoms with Crippen molar-refractivity contribution < 1.29 is 8.42 Å². The maximum absolute atomic E-state index is 13.2. The van der Waals surface area contributed by atoms with E-state index in [4.69, 9.17) is 5.26 Å². The molecule has 4 aromatic rings. The lowest BCUT2D eigenvalue weighted by atomic mass is 10.1. The quantitative estimate of drug-likeness (QED) is 0.458. The molecule has 9 nitrogen and oxygen atoms in total. The van der Waals surface area contributed by atoms with Gasteiger partial charge in [-0.15, -0.1) is 0 Å². The van der Waals surface area contributed by atoms with Gasteiger partial charge < -0.3 is 0 Å². The zero-order valence-corrected chi connectivity index (χ0v) is 18.9. The van der Waals surface area contributed by atoms with Gasteiger partial charge in [0.05, 0.1) is 45.4 Å². The van der Waals surface area contributed by atoms with E-state index in [1.807, 2.05) is 0 Å². The Morgan fingerprint density at radius 1 is 1.00 bits per heavy atom. The van der Waals surface area contributed by atoms with E-state index in [2.05, 4.69) is 11.2 Å². The molecule has 0 saturated heterocycles. The van der Waals surface area contributed by atoms with Gasteiger partial charge in [0, 0.05) is 19.0 Å². The number of nitriles is 1. The molecule has 0 saturated carbocycles. The highest BCUT2D eigenvalue weighted by molar-refractivity contribution is 7.90. The number of sulfone groups is 1. The first-order chi connectivity index (χ1) is 15.6. The molecule has 0 bridgehead atoms. The Balaban J connectivity index is 2.00. The number of aromatic nitrogens is 4. The molecular weight excluding hydrogens is 442 g/mol. The van der Waals surface area contributed by atoms with Crippen LogP contribution in [0, 0.1) is 18.3 Å². The van der Waals surface area contributed by atoms with E-state index in [0.29, 0.717) is 28.3 Å². The molecule has 0 aliphatic carbocycles. The number of nitrogens with zero attached hydrogens (tertiary/aromatic N) is 5. The minimum Gasteiger partial charge on any atom is -0.268 e. The van der Waals surface area contributed by atoms with Crippen molar-refractivity contribution in [2.45, 2.75) is 11.8 Å².